The molecule has 0 radical (unpaired) electrons. The van der Waals surface area contributed by atoms with Gasteiger partial charge in [0.2, 0.25) is 5.91 Å². The number of aryl methyl sites for hydroxylation is 2. The average Bonchev–Trinajstić information content (AvgIpc) is 3.08. The fourth-order valence-corrected chi connectivity index (χ4v) is 4.76. The summed E-state index contributed by atoms with van der Waals surface area (Å²) in [5.41, 5.74) is 3.92. The second kappa shape index (κ2) is 11.2. The highest BCUT2D eigenvalue weighted by Gasteiger charge is 2.36. The lowest BCUT2D eigenvalue weighted by molar-refractivity contribution is -0.127. The number of nitrogens with one attached hydrogen (secondary N) is 1. The molecule has 0 aromatic heterocycles. The lowest BCUT2D eigenvalue weighted by atomic mass is 10.1. The Morgan fingerprint density at radius 3 is 2.58 bits per heavy atom. The Labute approximate surface area is 223 Å². The van der Waals surface area contributed by atoms with Gasteiger partial charge in [-0.1, -0.05) is 47.5 Å². The monoisotopic (exact) mass is 540 g/mol. The average molecular weight is 541 g/mol. The van der Waals surface area contributed by atoms with Crippen molar-refractivity contribution in [3.05, 3.63) is 97.9 Å². The minimum absolute atomic E-state index is 0.175. The first-order valence-electron chi connectivity index (χ1n) is 11.0. The van der Waals surface area contributed by atoms with E-state index < -0.39 is 17.1 Å². The quantitative estimate of drug-likeness (QED) is 0.331. The molecule has 1 N–H and O–H groups in total. The van der Waals surface area contributed by atoms with Gasteiger partial charge in [0.25, 0.3) is 11.1 Å². The molecule has 4 rings (SSSR count). The lowest BCUT2D eigenvalue weighted by Crippen LogP contribution is -2.36. The van der Waals surface area contributed by atoms with Crippen molar-refractivity contribution in [1.29, 1.82) is 0 Å². The van der Waals surface area contributed by atoms with Crippen LogP contribution in [0.4, 0.5) is 10.5 Å². The van der Waals surface area contributed by atoms with Crippen LogP contribution in [0.15, 0.2) is 65.6 Å². The lowest BCUT2D eigenvalue weighted by Gasteiger charge is -2.14. The zero-order valence-electron chi connectivity index (χ0n) is 19.5. The number of hydrogen-bond donors (Lipinski definition) is 1. The van der Waals surface area contributed by atoms with Crippen LogP contribution in [0.3, 0.4) is 0 Å². The molecule has 1 fully saturated rings. The number of anilines is 1. The molecule has 0 atom stereocenters. The van der Waals surface area contributed by atoms with Gasteiger partial charge in [0, 0.05) is 21.3 Å². The topological polar surface area (TPSA) is 75.7 Å². The van der Waals surface area contributed by atoms with Gasteiger partial charge in [0.05, 0.1) is 4.91 Å². The molecule has 184 valence electrons. The van der Waals surface area contributed by atoms with Crippen molar-refractivity contribution in [1.82, 2.24) is 4.90 Å². The van der Waals surface area contributed by atoms with Crippen molar-refractivity contribution < 1.29 is 19.1 Å². The van der Waals surface area contributed by atoms with Crippen molar-refractivity contribution in [3.63, 3.8) is 0 Å². The van der Waals surface area contributed by atoms with Gasteiger partial charge in [-0.15, -0.1) is 0 Å². The first-order valence-corrected chi connectivity index (χ1v) is 12.6. The van der Waals surface area contributed by atoms with Crippen LogP contribution in [0.5, 0.6) is 5.75 Å². The van der Waals surface area contributed by atoms with E-state index in [1.54, 1.807) is 36.4 Å². The number of carbonyl (C=O) groups is 3. The molecule has 1 aliphatic rings. The number of imide groups is 1. The Hall–Kier alpha value is -3.26. The first-order chi connectivity index (χ1) is 17.2. The molecule has 36 heavy (non-hydrogen) atoms. The van der Waals surface area contributed by atoms with E-state index in [1.165, 1.54) is 0 Å². The van der Waals surface area contributed by atoms with E-state index in [0.717, 1.165) is 33.4 Å². The Bertz CT molecular complexity index is 1390. The number of benzene rings is 3. The number of ether oxygens (including phenoxy) is 1. The summed E-state index contributed by atoms with van der Waals surface area (Å²) in [6, 6.07) is 18.0. The van der Waals surface area contributed by atoms with E-state index in [0.29, 0.717) is 27.0 Å². The molecule has 0 bridgehead atoms. The van der Waals surface area contributed by atoms with E-state index in [1.807, 2.05) is 44.2 Å². The van der Waals surface area contributed by atoms with Crippen molar-refractivity contribution in [2.75, 3.05) is 11.9 Å². The largest absolute Gasteiger partial charge is 0.488 e. The van der Waals surface area contributed by atoms with Crippen LogP contribution >= 0.6 is 35.0 Å². The van der Waals surface area contributed by atoms with Crippen molar-refractivity contribution in [2.24, 2.45) is 0 Å². The van der Waals surface area contributed by atoms with Gasteiger partial charge in [-0.25, -0.2) is 0 Å². The Balaban J connectivity index is 1.49. The number of nitrogens with zero attached hydrogens (tertiary/aromatic N) is 1. The Kier molecular flexibility index (Phi) is 8.04. The van der Waals surface area contributed by atoms with Crippen LogP contribution in [0.1, 0.15) is 22.3 Å². The highest BCUT2D eigenvalue weighted by Crippen LogP contribution is 2.35. The zero-order chi connectivity index (χ0) is 25.8. The van der Waals surface area contributed by atoms with Crippen LogP contribution in [0.2, 0.25) is 10.0 Å². The van der Waals surface area contributed by atoms with Crippen LogP contribution < -0.4 is 10.1 Å². The summed E-state index contributed by atoms with van der Waals surface area (Å²) >= 11 is 13.0. The van der Waals surface area contributed by atoms with Crippen molar-refractivity contribution in [2.45, 2.75) is 20.5 Å². The van der Waals surface area contributed by atoms with Gasteiger partial charge in [0.1, 0.15) is 18.9 Å². The summed E-state index contributed by atoms with van der Waals surface area (Å²) in [7, 11) is 0. The second-order valence-corrected chi connectivity index (χ2v) is 10.1. The van der Waals surface area contributed by atoms with Gasteiger partial charge >= 0.3 is 0 Å². The minimum Gasteiger partial charge on any atom is -0.488 e. The van der Waals surface area contributed by atoms with Crippen LogP contribution in [-0.2, 0) is 16.2 Å². The van der Waals surface area contributed by atoms with E-state index in [9.17, 15) is 14.4 Å². The number of thioether (sulfide) groups is 1. The Morgan fingerprint density at radius 1 is 1.03 bits per heavy atom. The molecule has 1 aliphatic heterocycles. The number of carbonyl (C=O) groups excluding carboxylic acids is 3. The van der Waals surface area contributed by atoms with E-state index in [-0.39, 0.29) is 18.1 Å². The molecule has 1 saturated heterocycles. The fraction of sp³-hybridized carbons (Fsp3) is 0.148. The van der Waals surface area contributed by atoms with Crippen molar-refractivity contribution >= 4 is 63.8 Å². The third-order valence-electron chi connectivity index (χ3n) is 5.38. The summed E-state index contributed by atoms with van der Waals surface area (Å²) in [6.45, 7) is 3.65. The van der Waals surface area contributed by atoms with E-state index in [4.69, 9.17) is 27.9 Å². The molecule has 1 heterocycles. The van der Waals surface area contributed by atoms with Crippen LogP contribution in [0, 0.1) is 13.8 Å². The summed E-state index contributed by atoms with van der Waals surface area (Å²) in [6.07, 6.45) is 1.55. The highest BCUT2D eigenvalue weighted by atomic mass is 35.5. The summed E-state index contributed by atoms with van der Waals surface area (Å²) in [5.74, 6) is -0.527. The molecule has 0 saturated carbocycles. The SMILES string of the molecule is Cc1ccc(C)c(NC(=O)CN2C(=O)S/C(=C/c3cc(Cl)ccc3OCc3cccc(Cl)c3)C2=O)c1. The van der Waals surface area contributed by atoms with Gasteiger partial charge in [-0.05, 0) is 84.8 Å². The molecule has 6 nitrogen and oxygen atoms in total. The highest BCUT2D eigenvalue weighted by molar-refractivity contribution is 8.18. The number of hydrogen-bond acceptors (Lipinski definition) is 5. The predicted molar refractivity (Wildman–Crippen MR) is 144 cm³/mol. The molecule has 3 aromatic rings. The molecule has 3 aromatic carbocycles. The normalized spacial score (nSPS) is 14.4. The third-order valence-corrected chi connectivity index (χ3v) is 6.76. The standard InChI is InChI=1S/C27H22Cl2N2O4S/c1-16-6-7-17(2)22(10-16)30-25(32)14-31-26(33)24(36-27(31)34)13-19-12-21(29)8-9-23(19)35-15-18-4-3-5-20(28)11-18/h3-13H,14-15H2,1-2H3,(H,30,32)/b24-13+. The van der Waals surface area contributed by atoms with Crippen LogP contribution in [-0.4, -0.2) is 28.5 Å². The molecule has 3 amide bonds. The number of rotatable bonds is 7. The summed E-state index contributed by atoms with van der Waals surface area (Å²) in [4.78, 5) is 39.3. The number of amides is 3. The molecule has 9 heteroatoms. The maximum Gasteiger partial charge on any atom is 0.294 e. The number of halogens is 2. The second-order valence-electron chi connectivity index (χ2n) is 8.24. The molecular weight excluding hydrogens is 519 g/mol. The fourth-order valence-electron chi connectivity index (χ4n) is 3.53. The minimum atomic E-state index is -0.554. The van der Waals surface area contributed by atoms with Crippen LogP contribution in [0.25, 0.3) is 6.08 Å². The summed E-state index contributed by atoms with van der Waals surface area (Å²) < 4.78 is 5.94. The van der Waals surface area contributed by atoms with E-state index in [2.05, 4.69) is 5.32 Å². The van der Waals surface area contributed by atoms with Gasteiger partial charge < -0.3 is 10.1 Å². The van der Waals surface area contributed by atoms with Gasteiger partial charge in [-0.2, -0.15) is 0 Å². The van der Waals surface area contributed by atoms with Gasteiger partial charge in [-0.3, -0.25) is 19.3 Å². The maximum absolute atomic E-state index is 13.0. The zero-order valence-corrected chi connectivity index (χ0v) is 21.8. The first kappa shape index (κ1) is 25.8. The molecule has 0 aliphatic carbocycles. The molecular formula is C27H22Cl2N2O4S. The van der Waals surface area contributed by atoms with E-state index >= 15 is 0 Å². The predicted octanol–water partition coefficient (Wildman–Crippen LogP) is 6.86. The third kappa shape index (κ3) is 6.29. The maximum atomic E-state index is 13.0. The Morgan fingerprint density at radius 2 is 1.81 bits per heavy atom. The van der Waals surface area contributed by atoms with Gasteiger partial charge in [0.15, 0.2) is 0 Å². The molecule has 0 spiro atoms. The smallest absolute Gasteiger partial charge is 0.294 e. The molecule has 0 unspecified atom stereocenters. The summed E-state index contributed by atoms with van der Waals surface area (Å²) in [5, 5.41) is 3.30. The van der Waals surface area contributed by atoms with Crippen molar-refractivity contribution in [3.8, 4) is 5.75 Å².